The van der Waals surface area contributed by atoms with Gasteiger partial charge in [0.1, 0.15) is 11.6 Å². The lowest BCUT2D eigenvalue weighted by Crippen LogP contribution is -2.02. The van der Waals surface area contributed by atoms with Crippen LogP contribution in [0, 0.1) is 5.82 Å². The van der Waals surface area contributed by atoms with Crippen LogP contribution in [0.5, 0.6) is 5.75 Å². The van der Waals surface area contributed by atoms with Crippen molar-refractivity contribution in [3.63, 3.8) is 0 Å². The molecule has 0 amide bonds. The molecule has 0 heterocycles. The fourth-order valence-electron chi connectivity index (χ4n) is 1.52. The summed E-state index contributed by atoms with van der Waals surface area (Å²) in [6, 6.07) is 10.1. The Morgan fingerprint density at radius 1 is 1.15 bits per heavy atom. The number of hydrogen-bond acceptors (Lipinski definition) is 2. The van der Waals surface area contributed by atoms with Crippen LogP contribution in [-0.2, 0) is 4.57 Å². The summed E-state index contributed by atoms with van der Waals surface area (Å²) in [5.41, 5.74) is 0.488. The first-order chi connectivity index (χ1) is 9.35. The summed E-state index contributed by atoms with van der Waals surface area (Å²) in [4.78, 5) is 0. The van der Waals surface area contributed by atoms with Crippen LogP contribution in [0.1, 0.15) is 0 Å². The van der Waals surface area contributed by atoms with E-state index < -0.39 is 7.52 Å². The Morgan fingerprint density at radius 3 is 2.40 bits per heavy atom. The summed E-state index contributed by atoms with van der Waals surface area (Å²) in [7, 11) is -3.19. The monoisotopic (exact) mass is 333 g/mol. The lowest BCUT2D eigenvalue weighted by Gasteiger charge is -2.18. The molecule has 0 aliphatic carbocycles. The summed E-state index contributed by atoms with van der Waals surface area (Å²) in [6.45, 7) is 1.40. The van der Waals surface area contributed by atoms with E-state index in [0.717, 1.165) is 0 Å². The molecular formula is C13H11Cl2FNO2P. The van der Waals surface area contributed by atoms with Crippen LogP contribution >= 0.6 is 30.7 Å². The van der Waals surface area contributed by atoms with Crippen LogP contribution in [0.25, 0.3) is 0 Å². The minimum atomic E-state index is -3.19. The number of benzene rings is 2. The summed E-state index contributed by atoms with van der Waals surface area (Å²) in [5, 5.41) is 3.43. The topological polar surface area (TPSA) is 38.3 Å². The molecule has 2 rings (SSSR count). The van der Waals surface area contributed by atoms with Crippen molar-refractivity contribution in [3.8, 4) is 5.75 Å². The van der Waals surface area contributed by atoms with Crippen LogP contribution in [0.4, 0.5) is 10.1 Å². The number of halogens is 3. The van der Waals surface area contributed by atoms with Gasteiger partial charge in [0.2, 0.25) is 0 Å². The Hall–Kier alpha value is -1.22. The summed E-state index contributed by atoms with van der Waals surface area (Å²) in [6.07, 6.45) is 0. The number of hydrogen-bond donors (Lipinski definition) is 1. The van der Waals surface area contributed by atoms with Crippen LogP contribution in [-0.4, -0.2) is 6.66 Å². The van der Waals surface area contributed by atoms with Crippen LogP contribution < -0.4 is 9.61 Å². The van der Waals surface area contributed by atoms with E-state index in [9.17, 15) is 8.96 Å². The van der Waals surface area contributed by atoms with Gasteiger partial charge in [0, 0.05) is 17.4 Å². The Kier molecular flexibility index (Phi) is 4.59. The summed E-state index contributed by atoms with van der Waals surface area (Å²) >= 11 is 11.7. The van der Waals surface area contributed by atoms with E-state index in [-0.39, 0.29) is 16.6 Å². The Morgan fingerprint density at radius 2 is 1.80 bits per heavy atom. The van der Waals surface area contributed by atoms with Gasteiger partial charge in [-0.1, -0.05) is 23.2 Å². The third kappa shape index (κ3) is 4.14. The van der Waals surface area contributed by atoms with Gasteiger partial charge in [0.05, 0.1) is 5.02 Å². The molecular weight excluding hydrogens is 323 g/mol. The van der Waals surface area contributed by atoms with Gasteiger partial charge < -0.3 is 9.61 Å². The van der Waals surface area contributed by atoms with Gasteiger partial charge in [0.25, 0.3) is 0 Å². The third-order valence-electron chi connectivity index (χ3n) is 2.34. The van der Waals surface area contributed by atoms with Crippen LogP contribution in [0.15, 0.2) is 42.5 Å². The molecule has 0 radical (unpaired) electrons. The minimum absolute atomic E-state index is 0.261. The maximum atomic E-state index is 12.8. The highest BCUT2D eigenvalue weighted by Gasteiger charge is 2.19. The van der Waals surface area contributed by atoms with Crippen molar-refractivity contribution in [2.75, 3.05) is 11.8 Å². The third-order valence-corrected chi connectivity index (χ3v) is 4.08. The molecule has 0 saturated carbocycles. The molecule has 1 atom stereocenters. The molecule has 0 aliphatic rings. The van der Waals surface area contributed by atoms with Gasteiger partial charge >= 0.3 is 7.52 Å². The maximum Gasteiger partial charge on any atom is 0.338 e. The van der Waals surface area contributed by atoms with Crippen molar-refractivity contribution in [2.45, 2.75) is 0 Å². The molecule has 20 heavy (non-hydrogen) atoms. The molecule has 0 aromatic heterocycles. The quantitative estimate of drug-likeness (QED) is 0.756. The van der Waals surface area contributed by atoms with Crippen molar-refractivity contribution in [3.05, 3.63) is 58.3 Å². The van der Waals surface area contributed by atoms with Crippen molar-refractivity contribution < 1.29 is 13.5 Å². The van der Waals surface area contributed by atoms with Crippen molar-refractivity contribution in [2.24, 2.45) is 0 Å². The molecule has 0 unspecified atom stereocenters. The Balaban J connectivity index is 2.14. The molecule has 2 aromatic carbocycles. The second kappa shape index (κ2) is 6.04. The number of anilines is 1. The van der Waals surface area contributed by atoms with E-state index >= 15 is 0 Å². The lowest BCUT2D eigenvalue weighted by molar-refractivity contribution is 0.493. The number of nitrogens with one attached hydrogen (secondary N) is 1. The first-order valence-electron chi connectivity index (χ1n) is 5.62. The first-order valence-corrected chi connectivity index (χ1v) is 8.44. The van der Waals surface area contributed by atoms with Crippen molar-refractivity contribution in [1.29, 1.82) is 0 Å². The molecule has 7 heteroatoms. The molecule has 3 nitrogen and oxygen atoms in total. The Labute approximate surface area is 126 Å². The van der Waals surface area contributed by atoms with Crippen molar-refractivity contribution >= 4 is 36.4 Å². The second-order valence-electron chi connectivity index (χ2n) is 4.13. The fourth-order valence-corrected chi connectivity index (χ4v) is 3.22. The fraction of sp³-hybridized carbons (Fsp3) is 0.0769. The Bertz CT molecular complexity index is 664. The van der Waals surface area contributed by atoms with Gasteiger partial charge in [-0.2, -0.15) is 0 Å². The van der Waals surface area contributed by atoms with E-state index in [4.69, 9.17) is 27.7 Å². The predicted octanol–water partition coefficient (Wildman–Crippen LogP) is 5.45. The van der Waals surface area contributed by atoms with E-state index in [2.05, 4.69) is 5.09 Å². The lowest BCUT2D eigenvalue weighted by atomic mass is 10.3. The molecule has 2 aromatic rings. The summed E-state index contributed by atoms with van der Waals surface area (Å²) in [5.74, 6) is -0.111. The van der Waals surface area contributed by atoms with Crippen LogP contribution in [0.2, 0.25) is 10.0 Å². The smallest absolute Gasteiger partial charge is 0.338 e. The van der Waals surface area contributed by atoms with Gasteiger partial charge in [0.15, 0.2) is 0 Å². The average molecular weight is 334 g/mol. The highest BCUT2D eigenvalue weighted by molar-refractivity contribution is 7.60. The molecule has 0 aliphatic heterocycles. The molecule has 0 spiro atoms. The van der Waals surface area contributed by atoms with Gasteiger partial charge in [-0.25, -0.2) is 4.39 Å². The highest BCUT2D eigenvalue weighted by atomic mass is 35.5. The van der Waals surface area contributed by atoms with Crippen LogP contribution in [0.3, 0.4) is 0 Å². The maximum absolute atomic E-state index is 12.8. The number of rotatable bonds is 4. The zero-order valence-corrected chi connectivity index (χ0v) is 12.8. The van der Waals surface area contributed by atoms with Gasteiger partial charge in [-0.05, 0) is 42.5 Å². The molecule has 106 valence electrons. The average Bonchev–Trinajstić information content (AvgIpc) is 2.35. The van der Waals surface area contributed by atoms with E-state index in [1.54, 1.807) is 6.07 Å². The van der Waals surface area contributed by atoms with Crippen molar-refractivity contribution in [1.82, 2.24) is 0 Å². The molecule has 0 saturated heterocycles. The zero-order chi connectivity index (χ0) is 14.8. The van der Waals surface area contributed by atoms with E-state index in [1.807, 2.05) is 0 Å². The second-order valence-corrected chi connectivity index (χ2v) is 7.07. The van der Waals surface area contributed by atoms with E-state index in [0.29, 0.717) is 10.7 Å². The largest absolute Gasteiger partial charge is 0.427 e. The first kappa shape index (κ1) is 15.2. The standard InChI is InChI=1S/C13H11Cl2FNO2P/c1-20(18,17-11-5-3-10(16)4-6-11)19-13-7-2-9(14)8-12(13)15/h2-8H,1H3,(H,17,18)/t20-/m1/s1. The highest BCUT2D eigenvalue weighted by Crippen LogP contribution is 2.45. The zero-order valence-electron chi connectivity index (χ0n) is 10.4. The summed E-state index contributed by atoms with van der Waals surface area (Å²) < 4.78 is 30.5. The normalized spacial score (nSPS) is 13.6. The molecule has 0 bridgehead atoms. The SMILES string of the molecule is C[P@](=O)(Nc1ccc(F)cc1)Oc1ccc(Cl)cc1Cl. The molecule has 1 N–H and O–H groups in total. The van der Waals surface area contributed by atoms with Gasteiger partial charge in [-0.3, -0.25) is 4.57 Å². The predicted molar refractivity (Wildman–Crippen MR) is 80.6 cm³/mol. The van der Waals surface area contributed by atoms with Gasteiger partial charge in [-0.15, -0.1) is 0 Å². The minimum Gasteiger partial charge on any atom is -0.427 e. The molecule has 0 fully saturated rings. The van der Waals surface area contributed by atoms with E-state index in [1.165, 1.54) is 43.1 Å².